The Bertz CT molecular complexity index is 1520. The zero-order valence-corrected chi connectivity index (χ0v) is 28.1. The molecule has 254 valence electrons. The quantitative estimate of drug-likeness (QED) is 0.229. The second kappa shape index (κ2) is 15.9. The molecule has 3 atom stereocenters. The number of likely N-dealkylation sites (tertiary alicyclic amines) is 2. The number of amides is 3. The molecule has 0 spiro atoms. The molecule has 47 heavy (non-hydrogen) atoms. The van der Waals surface area contributed by atoms with Gasteiger partial charge in [0.05, 0.1) is 4.88 Å². The summed E-state index contributed by atoms with van der Waals surface area (Å²) in [4.78, 5) is 57.8. The average Bonchev–Trinajstić information content (AvgIpc) is 3.81. The number of nitrogens with zero attached hydrogens (tertiary/aromatic N) is 3. The molecule has 4 fully saturated rings. The van der Waals surface area contributed by atoms with Crippen LogP contribution in [0.5, 0.6) is 0 Å². The summed E-state index contributed by atoms with van der Waals surface area (Å²) in [7, 11) is -3.40. The van der Waals surface area contributed by atoms with Crippen molar-refractivity contribution < 1.29 is 33.0 Å². The third-order valence-corrected chi connectivity index (χ3v) is 11.5. The number of hydrogen-bond acceptors (Lipinski definition) is 7. The minimum absolute atomic E-state index is 0.265. The Hall–Kier alpha value is -3.02. The molecule has 4 N–H and O–H groups in total. The highest BCUT2D eigenvalue weighted by Crippen LogP contribution is 2.53. The highest BCUT2D eigenvalue weighted by Gasteiger charge is 2.41. The van der Waals surface area contributed by atoms with Gasteiger partial charge in [-0.05, 0) is 87.2 Å². The van der Waals surface area contributed by atoms with Crippen LogP contribution >= 0.6 is 19.7 Å². The van der Waals surface area contributed by atoms with Gasteiger partial charge in [-0.1, -0.05) is 36.4 Å². The summed E-state index contributed by atoms with van der Waals surface area (Å²) in [6, 6.07) is 16.7. The molecule has 4 saturated heterocycles. The van der Waals surface area contributed by atoms with Crippen molar-refractivity contribution in [3.8, 4) is 0 Å². The molecule has 3 aromatic rings. The van der Waals surface area contributed by atoms with E-state index in [9.17, 15) is 23.2 Å². The van der Waals surface area contributed by atoms with Gasteiger partial charge in [-0.2, -0.15) is 8.78 Å². The second-order valence-corrected chi connectivity index (χ2v) is 14.8. The minimum Gasteiger partial charge on any atom is -0.365 e. The first-order chi connectivity index (χ1) is 22.6. The third-order valence-electron chi connectivity index (χ3n) is 9.63. The molecule has 9 nitrogen and oxygen atoms in total. The summed E-state index contributed by atoms with van der Waals surface area (Å²) >= 11 is 1.09. The molecular weight excluding hydrogens is 645 g/mol. The lowest BCUT2D eigenvalue weighted by Gasteiger charge is -2.41. The largest absolute Gasteiger partial charge is 0.365 e. The number of nitrogens with two attached hydrogens (primary N) is 1. The van der Waals surface area contributed by atoms with E-state index in [4.69, 9.17) is 15.5 Å². The van der Waals surface area contributed by atoms with E-state index in [1.54, 1.807) is 0 Å². The highest BCUT2D eigenvalue weighted by atomic mass is 32.1. The fraction of sp³-hybridized carbons (Fsp3) is 0.500. The first kappa shape index (κ1) is 35.3. The summed E-state index contributed by atoms with van der Waals surface area (Å²) in [5.41, 5.74) is 2.25. The normalized spacial score (nSPS) is 23.2. The van der Waals surface area contributed by atoms with Gasteiger partial charge in [-0.15, -0.1) is 11.3 Å². The van der Waals surface area contributed by atoms with Gasteiger partial charge in [0.15, 0.2) is 0 Å². The Morgan fingerprint density at radius 1 is 0.936 bits per heavy atom. The third kappa shape index (κ3) is 8.72. The van der Waals surface area contributed by atoms with Gasteiger partial charge in [0.1, 0.15) is 0 Å². The number of halogens is 2. The lowest BCUT2D eigenvalue weighted by atomic mass is 9.94. The fourth-order valence-corrected chi connectivity index (χ4v) is 8.11. The molecule has 0 saturated carbocycles. The Kier molecular flexibility index (Phi) is 12.0. The molecule has 3 unspecified atom stereocenters. The van der Waals surface area contributed by atoms with Gasteiger partial charge in [0.2, 0.25) is 20.7 Å². The summed E-state index contributed by atoms with van der Waals surface area (Å²) in [5, 5.41) is 0.419. The number of hydrogen-bond donors (Lipinski definition) is 3. The molecule has 4 aliphatic rings. The van der Waals surface area contributed by atoms with Gasteiger partial charge in [0.25, 0.3) is 5.91 Å². The molecule has 7 rings (SSSR count). The topological polar surface area (TPSA) is 127 Å². The van der Waals surface area contributed by atoms with Crippen LogP contribution in [0.4, 0.5) is 8.78 Å². The molecule has 2 aromatic carbocycles. The molecule has 0 radical (unpaired) electrons. The van der Waals surface area contributed by atoms with E-state index in [0.717, 1.165) is 68.8 Å². The zero-order chi connectivity index (χ0) is 33.6. The molecule has 1 aromatic heterocycles. The van der Waals surface area contributed by atoms with Gasteiger partial charge in [-0.3, -0.25) is 14.4 Å². The number of rotatable bonds is 6. The summed E-state index contributed by atoms with van der Waals surface area (Å²) < 4.78 is 27.5. The van der Waals surface area contributed by atoms with Crippen molar-refractivity contribution in [3.05, 3.63) is 70.6 Å². The molecule has 4 aliphatic heterocycles. The molecule has 0 bridgehead atoms. The van der Waals surface area contributed by atoms with Crippen molar-refractivity contribution in [3.63, 3.8) is 0 Å². The summed E-state index contributed by atoms with van der Waals surface area (Å²) in [5.74, 6) is 0.343. The number of benzene rings is 2. The van der Waals surface area contributed by atoms with Crippen LogP contribution in [0.25, 0.3) is 10.1 Å². The maximum absolute atomic E-state index is 13.4. The first-order valence-corrected chi connectivity index (χ1v) is 18.3. The van der Waals surface area contributed by atoms with E-state index in [-0.39, 0.29) is 4.88 Å². The Balaban J connectivity index is 0.000000140. The van der Waals surface area contributed by atoms with Gasteiger partial charge in [-0.25, -0.2) is 0 Å². The van der Waals surface area contributed by atoms with Crippen molar-refractivity contribution in [2.75, 3.05) is 32.7 Å². The number of carbonyl (C=O) groups is 3. The SMILES string of the molecule is NC(=O)c1cc2cc(C(F)(F)P(O)O)ccc2s1.O=C1CCC(N2CCC2)CCC2CCCN12.O=CN1CCC(c2ccccc2)C1. The number of fused-ring (bicyclic) bond motifs is 2. The van der Waals surface area contributed by atoms with E-state index in [1.165, 1.54) is 62.9 Å². The Morgan fingerprint density at radius 3 is 2.32 bits per heavy atom. The van der Waals surface area contributed by atoms with Crippen molar-refractivity contribution >= 4 is 48.0 Å². The van der Waals surface area contributed by atoms with Crippen LogP contribution in [0.2, 0.25) is 0 Å². The molecule has 3 amide bonds. The second-order valence-electron chi connectivity index (χ2n) is 12.6. The van der Waals surface area contributed by atoms with E-state index >= 15 is 0 Å². The fourth-order valence-electron chi connectivity index (χ4n) is 6.85. The minimum atomic E-state index is -3.70. The number of thiophene rings is 1. The molecule has 0 aliphatic carbocycles. The van der Waals surface area contributed by atoms with Crippen LogP contribution in [0.3, 0.4) is 0 Å². The van der Waals surface area contributed by atoms with Crippen LogP contribution in [-0.2, 0) is 15.3 Å². The first-order valence-electron chi connectivity index (χ1n) is 16.2. The van der Waals surface area contributed by atoms with E-state index in [2.05, 4.69) is 34.1 Å². The summed E-state index contributed by atoms with van der Waals surface area (Å²) in [6.45, 7) is 5.36. The van der Waals surface area contributed by atoms with Gasteiger partial charge < -0.3 is 30.2 Å². The van der Waals surface area contributed by atoms with Crippen LogP contribution in [0.15, 0.2) is 54.6 Å². The lowest BCUT2D eigenvalue weighted by Crippen LogP contribution is -2.48. The van der Waals surface area contributed by atoms with E-state index in [0.29, 0.717) is 34.0 Å². The standard InChI is InChI=1S/C13H22N2O.C11H13NO.C10H8F2NO3PS/c16-13-7-6-11(14-8-2-9-14)4-5-12-3-1-10-15(12)13;13-9-12-7-6-11(8-12)10-4-2-1-3-5-10;11-10(12,17(15)16)6-1-2-7-5(3-6)4-8(18-7)9(13)14/h11-12H,1-10H2;1-5,9,11H,6-8H2;1-4,15-16H,(H2,13,14). The monoisotopic (exact) mass is 688 g/mol. The average molecular weight is 689 g/mol. The highest BCUT2D eigenvalue weighted by molar-refractivity contribution is 7.46. The van der Waals surface area contributed by atoms with Crippen molar-refractivity contribution in [2.24, 2.45) is 5.73 Å². The van der Waals surface area contributed by atoms with Crippen LogP contribution in [0.1, 0.15) is 78.1 Å². The molecular formula is C34H43F2N4O5PS. The smallest absolute Gasteiger partial charge is 0.339 e. The number of alkyl halides is 2. The number of primary amides is 1. The van der Waals surface area contributed by atoms with Crippen molar-refractivity contribution in [2.45, 2.75) is 75.0 Å². The maximum atomic E-state index is 13.4. The van der Waals surface area contributed by atoms with Gasteiger partial charge >= 0.3 is 5.66 Å². The predicted molar refractivity (Wildman–Crippen MR) is 180 cm³/mol. The molecule has 5 heterocycles. The van der Waals surface area contributed by atoms with Crippen LogP contribution < -0.4 is 5.73 Å². The molecule has 13 heteroatoms. The lowest BCUT2D eigenvalue weighted by molar-refractivity contribution is -0.133. The maximum Gasteiger partial charge on any atom is 0.339 e. The predicted octanol–water partition coefficient (Wildman–Crippen LogP) is 5.60. The van der Waals surface area contributed by atoms with E-state index in [1.807, 2.05) is 11.0 Å². The van der Waals surface area contributed by atoms with Crippen LogP contribution in [0, 0.1) is 0 Å². The van der Waals surface area contributed by atoms with Crippen molar-refractivity contribution in [1.29, 1.82) is 0 Å². The number of carbonyl (C=O) groups excluding carboxylic acids is 3. The van der Waals surface area contributed by atoms with Gasteiger partial charge in [0, 0.05) is 54.3 Å². The van der Waals surface area contributed by atoms with E-state index < -0.39 is 25.5 Å². The summed E-state index contributed by atoms with van der Waals surface area (Å²) in [6.07, 6.45) is 10.3. The van der Waals surface area contributed by atoms with Crippen LogP contribution in [-0.4, -0.2) is 87.5 Å². The van der Waals surface area contributed by atoms with Crippen molar-refractivity contribution in [1.82, 2.24) is 14.7 Å². The zero-order valence-electron chi connectivity index (χ0n) is 26.3. The Morgan fingerprint density at radius 2 is 1.68 bits per heavy atom. The Labute approximate surface area is 279 Å².